The van der Waals surface area contributed by atoms with Crippen LogP contribution < -0.4 is 9.47 Å². The van der Waals surface area contributed by atoms with Crippen molar-refractivity contribution in [1.29, 1.82) is 0 Å². The lowest BCUT2D eigenvalue weighted by Crippen LogP contribution is -2.27. The monoisotopic (exact) mass is 497 g/mol. The van der Waals surface area contributed by atoms with Gasteiger partial charge in [0.2, 0.25) is 6.79 Å². The minimum absolute atomic E-state index is 0.00526. The molecule has 172 valence electrons. The number of ether oxygens (including phenoxy) is 2. The maximum absolute atomic E-state index is 13.0. The van der Waals surface area contributed by atoms with Crippen molar-refractivity contribution >= 4 is 46.3 Å². The number of amides is 2. The molecule has 2 aliphatic heterocycles. The summed E-state index contributed by atoms with van der Waals surface area (Å²) in [5.74, 6) is 0.583. The predicted octanol–water partition coefficient (Wildman–Crippen LogP) is 5.06. The molecule has 0 N–H and O–H groups in total. The van der Waals surface area contributed by atoms with E-state index >= 15 is 0 Å². The second kappa shape index (κ2) is 8.88. The van der Waals surface area contributed by atoms with Crippen molar-refractivity contribution in [1.82, 2.24) is 9.47 Å². The highest BCUT2D eigenvalue weighted by Crippen LogP contribution is 2.39. The third-order valence-electron chi connectivity index (χ3n) is 5.42. The summed E-state index contributed by atoms with van der Waals surface area (Å²) in [6, 6.07) is 13.3. The van der Waals surface area contributed by atoms with Crippen molar-refractivity contribution in [3.8, 4) is 11.5 Å². The van der Waals surface area contributed by atoms with E-state index in [0.717, 1.165) is 16.7 Å². The molecule has 9 nitrogen and oxygen atoms in total. The number of hydrogen-bond donors (Lipinski definition) is 0. The van der Waals surface area contributed by atoms with Gasteiger partial charge in [0.05, 0.1) is 22.9 Å². The van der Waals surface area contributed by atoms with Crippen LogP contribution in [-0.2, 0) is 17.9 Å². The Morgan fingerprint density at radius 3 is 2.62 bits per heavy atom. The molecular formula is C23H16ClN3O6S. The van der Waals surface area contributed by atoms with Crippen LogP contribution in [0.25, 0.3) is 6.08 Å². The van der Waals surface area contributed by atoms with Crippen molar-refractivity contribution < 1.29 is 24.0 Å². The molecule has 1 fully saturated rings. The molecule has 1 saturated heterocycles. The standard InChI is InChI=1S/C23H16ClN3O6S/c24-17-10-20-19(32-13-33-20)8-15(17)12-26-22(28)21(34-23(26)29)9-16-5-3-7-25(16)11-14-4-1-2-6-18(14)27(30)31/h1-10H,11-13H2/b21-9+. The number of nitrogens with zero attached hydrogens (tertiary/aromatic N) is 3. The average molecular weight is 498 g/mol. The van der Waals surface area contributed by atoms with Crippen LogP contribution in [-0.4, -0.2) is 32.3 Å². The van der Waals surface area contributed by atoms with Crippen molar-refractivity contribution in [2.24, 2.45) is 0 Å². The van der Waals surface area contributed by atoms with Gasteiger partial charge >= 0.3 is 0 Å². The Bertz CT molecular complexity index is 1370. The molecule has 0 radical (unpaired) electrons. The quantitative estimate of drug-likeness (QED) is 0.266. The van der Waals surface area contributed by atoms with Gasteiger partial charge in [-0.2, -0.15) is 0 Å². The number of nitro benzene ring substituents is 1. The van der Waals surface area contributed by atoms with Crippen LogP contribution >= 0.6 is 23.4 Å². The summed E-state index contributed by atoms with van der Waals surface area (Å²) in [5.41, 5.74) is 1.76. The number of para-hydroxylation sites is 1. The van der Waals surface area contributed by atoms with Gasteiger partial charge in [-0.25, -0.2) is 0 Å². The van der Waals surface area contributed by atoms with E-state index in [9.17, 15) is 19.7 Å². The number of aromatic nitrogens is 1. The van der Waals surface area contributed by atoms with Gasteiger partial charge in [-0.1, -0.05) is 29.8 Å². The largest absolute Gasteiger partial charge is 0.454 e. The Morgan fingerprint density at radius 2 is 1.82 bits per heavy atom. The number of imide groups is 1. The van der Waals surface area contributed by atoms with Crippen LogP contribution in [0.1, 0.15) is 16.8 Å². The number of hydrogen-bond acceptors (Lipinski definition) is 7. The van der Waals surface area contributed by atoms with Crippen LogP contribution in [0.3, 0.4) is 0 Å². The molecule has 5 rings (SSSR count). The smallest absolute Gasteiger partial charge is 0.293 e. The number of rotatable bonds is 6. The molecule has 2 amide bonds. The Morgan fingerprint density at radius 1 is 1.06 bits per heavy atom. The Labute approximate surface area is 202 Å². The number of halogens is 1. The summed E-state index contributed by atoms with van der Waals surface area (Å²) in [6.45, 7) is 0.326. The van der Waals surface area contributed by atoms with E-state index in [2.05, 4.69) is 0 Å². The Hall–Kier alpha value is -3.76. The lowest BCUT2D eigenvalue weighted by molar-refractivity contribution is -0.385. The molecule has 1 aromatic heterocycles. The van der Waals surface area contributed by atoms with Gasteiger partial charge in [-0.05, 0) is 41.6 Å². The minimum atomic E-state index is -0.442. The maximum atomic E-state index is 13.0. The molecular weight excluding hydrogens is 482 g/mol. The van der Waals surface area contributed by atoms with E-state index in [-0.39, 0.29) is 30.5 Å². The van der Waals surface area contributed by atoms with E-state index in [0.29, 0.717) is 33.3 Å². The van der Waals surface area contributed by atoms with Gasteiger partial charge in [0.15, 0.2) is 11.5 Å². The van der Waals surface area contributed by atoms with Crippen LogP contribution in [0.2, 0.25) is 5.02 Å². The van der Waals surface area contributed by atoms with E-state index in [1.54, 1.807) is 59.3 Å². The number of carbonyl (C=O) groups excluding carboxylic acids is 2. The van der Waals surface area contributed by atoms with Crippen molar-refractivity contribution in [3.63, 3.8) is 0 Å². The normalized spacial score (nSPS) is 16.0. The second-order valence-corrected chi connectivity index (χ2v) is 8.91. The molecule has 0 unspecified atom stereocenters. The van der Waals surface area contributed by atoms with Crippen molar-refractivity contribution in [3.05, 3.63) is 91.6 Å². The molecule has 11 heteroatoms. The first-order valence-electron chi connectivity index (χ1n) is 10.1. The number of carbonyl (C=O) groups is 2. The van der Waals surface area contributed by atoms with Gasteiger partial charge in [0, 0.05) is 34.6 Å². The van der Waals surface area contributed by atoms with E-state index in [1.807, 2.05) is 0 Å². The molecule has 0 spiro atoms. The van der Waals surface area contributed by atoms with Gasteiger partial charge in [0.1, 0.15) is 0 Å². The zero-order valence-electron chi connectivity index (χ0n) is 17.5. The predicted molar refractivity (Wildman–Crippen MR) is 126 cm³/mol. The van der Waals surface area contributed by atoms with Crippen molar-refractivity contribution in [2.75, 3.05) is 6.79 Å². The first-order chi connectivity index (χ1) is 16.4. The fourth-order valence-electron chi connectivity index (χ4n) is 3.73. The zero-order valence-corrected chi connectivity index (χ0v) is 19.0. The van der Waals surface area contributed by atoms with E-state index < -0.39 is 16.1 Å². The highest BCUT2D eigenvalue weighted by molar-refractivity contribution is 8.18. The third kappa shape index (κ3) is 4.13. The molecule has 2 aliphatic rings. The molecule has 0 bridgehead atoms. The number of benzene rings is 2. The molecule has 0 saturated carbocycles. The topological polar surface area (TPSA) is 104 Å². The Balaban J connectivity index is 1.38. The summed E-state index contributed by atoms with van der Waals surface area (Å²) in [6.07, 6.45) is 3.38. The average Bonchev–Trinajstić information content (AvgIpc) is 3.51. The van der Waals surface area contributed by atoms with Gasteiger partial charge < -0.3 is 14.0 Å². The van der Waals surface area contributed by atoms with Crippen LogP contribution in [0.15, 0.2) is 59.6 Å². The van der Waals surface area contributed by atoms with Gasteiger partial charge in [0.25, 0.3) is 16.8 Å². The first kappa shape index (κ1) is 22.1. The van der Waals surface area contributed by atoms with Crippen LogP contribution in [0, 0.1) is 10.1 Å². The van der Waals surface area contributed by atoms with Crippen LogP contribution in [0.5, 0.6) is 11.5 Å². The lowest BCUT2D eigenvalue weighted by Gasteiger charge is -2.14. The van der Waals surface area contributed by atoms with Crippen LogP contribution in [0.4, 0.5) is 10.5 Å². The highest BCUT2D eigenvalue weighted by atomic mass is 35.5. The minimum Gasteiger partial charge on any atom is -0.454 e. The summed E-state index contributed by atoms with van der Waals surface area (Å²) in [5, 5.41) is 11.3. The maximum Gasteiger partial charge on any atom is 0.293 e. The fourth-order valence-corrected chi connectivity index (χ4v) is 4.77. The first-order valence-corrected chi connectivity index (χ1v) is 11.3. The summed E-state index contributed by atoms with van der Waals surface area (Å²) in [7, 11) is 0. The Kier molecular flexibility index (Phi) is 5.76. The summed E-state index contributed by atoms with van der Waals surface area (Å²) >= 11 is 7.14. The van der Waals surface area contributed by atoms with Crippen molar-refractivity contribution in [2.45, 2.75) is 13.1 Å². The van der Waals surface area contributed by atoms with E-state index in [1.165, 1.54) is 6.07 Å². The molecule has 3 aromatic rings. The molecule has 34 heavy (non-hydrogen) atoms. The zero-order chi connectivity index (χ0) is 23.8. The fraction of sp³-hybridized carbons (Fsp3) is 0.130. The number of nitro groups is 1. The van der Waals surface area contributed by atoms with E-state index in [4.69, 9.17) is 21.1 Å². The molecule has 0 atom stereocenters. The third-order valence-corrected chi connectivity index (χ3v) is 6.68. The summed E-state index contributed by atoms with van der Waals surface area (Å²) < 4.78 is 12.4. The molecule has 2 aromatic carbocycles. The number of thioether (sulfide) groups is 1. The highest BCUT2D eigenvalue weighted by Gasteiger charge is 2.36. The SMILES string of the molecule is O=C1S/C(=C/c2cccn2Cc2ccccc2[N+](=O)[O-])C(=O)N1Cc1cc2c(cc1Cl)OCO2. The van der Waals surface area contributed by atoms with Gasteiger partial charge in [-0.3, -0.25) is 24.6 Å². The molecule has 0 aliphatic carbocycles. The number of fused-ring (bicyclic) bond motifs is 1. The summed E-state index contributed by atoms with van der Waals surface area (Å²) in [4.78, 5) is 37.9. The second-order valence-electron chi connectivity index (χ2n) is 7.51. The molecule has 3 heterocycles. The lowest BCUT2D eigenvalue weighted by atomic mass is 10.1. The van der Waals surface area contributed by atoms with Gasteiger partial charge in [-0.15, -0.1) is 0 Å².